The second-order valence-corrected chi connectivity index (χ2v) is 2.53. The number of halogens is 2. The summed E-state index contributed by atoms with van der Waals surface area (Å²) < 4.78 is 15.6. The molecule has 0 amide bonds. The molecular weight excluding hydrogens is 137 g/mol. The summed E-state index contributed by atoms with van der Waals surface area (Å²) in [4.78, 5) is 0. The quantitative estimate of drug-likeness (QED) is 0.367. The van der Waals surface area contributed by atoms with Gasteiger partial charge in [-0.3, -0.25) is 0 Å². The zero-order chi connectivity index (χ0) is 5.28. The van der Waals surface area contributed by atoms with Crippen LogP contribution in [0.25, 0.3) is 0 Å². The summed E-state index contributed by atoms with van der Waals surface area (Å²) in [6.45, 7) is 0. The smallest absolute Gasteiger partial charge is 0.188 e. The first-order valence-electron chi connectivity index (χ1n) is 1.78. The second-order valence-electron chi connectivity index (χ2n) is 1.16. The highest BCUT2D eigenvalue weighted by molar-refractivity contribution is 7.99. The molecule has 40 valence electrons. The zero-order valence-corrected chi connectivity index (χ0v) is 4.92. The third-order valence-electron chi connectivity index (χ3n) is 0.615. The van der Waals surface area contributed by atoms with Crippen molar-refractivity contribution in [2.24, 2.45) is 4.40 Å². The molecule has 0 saturated carbocycles. The van der Waals surface area contributed by atoms with Gasteiger partial charge < -0.3 is 0 Å². The molecule has 2 atom stereocenters. The first kappa shape index (κ1) is 5.38. The average molecular weight is 140 g/mol. The molecule has 0 N–H and O–H groups in total. The van der Waals surface area contributed by atoms with Crippen LogP contribution >= 0.6 is 23.5 Å². The Morgan fingerprint density at radius 1 is 1.86 bits per heavy atom. The number of hydrogen-bond donors (Lipinski definition) is 0. The predicted octanol–water partition coefficient (Wildman–Crippen LogP) is 1.62. The maximum Gasteiger partial charge on any atom is 0.188 e. The Labute approximate surface area is 50.1 Å². The van der Waals surface area contributed by atoms with Crippen LogP contribution in [0.5, 0.6) is 0 Å². The summed E-state index contributed by atoms with van der Waals surface area (Å²) in [5, 5.41) is -0.509. The molecule has 0 aromatic rings. The molecule has 1 aliphatic rings. The predicted molar refractivity (Wildman–Crippen MR) is 30.6 cm³/mol. The van der Waals surface area contributed by atoms with E-state index in [9.17, 15) is 4.39 Å². The van der Waals surface area contributed by atoms with E-state index in [0.717, 1.165) is 11.9 Å². The Hall–Kier alpha value is 0.240. The third kappa shape index (κ3) is 1.07. The summed E-state index contributed by atoms with van der Waals surface area (Å²) >= 11 is 6.19. The lowest BCUT2D eigenvalue weighted by molar-refractivity contribution is 0.474. The van der Waals surface area contributed by atoms with Crippen LogP contribution in [-0.2, 0) is 0 Å². The lowest BCUT2D eigenvalue weighted by atomic mass is 10.5. The average Bonchev–Trinajstić information content (AvgIpc) is 1.91. The lowest BCUT2D eigenvalue weighted by Crippen LogP contribution is -2.06. The van der Waals surface area contributed by atoms with E-state index < -0.39 is 10.9 Å². The Balaban J connectivity index is 2.45. The largest absolute Gasteiger partial charge is 0.232 e. The molecule has 2 unspecified atom stereocenters. The van der Waals surface area contributed by atoms with Gasteiger partial charge in [-0.2, -0.15) is 0 Å². The van der Waals surface area contributed by atoms with Gasteiger partial charge in [0, 0.05) is 18.2 Å². The van der Waals surface area contributed by atoms with E-state index in [1.807, 2.05) is 0 Å². The zero-order valence-electron chi connectivity index (χ0n) is 3.34. The maximum absolute atomic E-state index is 12.0. The van der Waals surface area contributed by atoms with E-state index in [1.165, 1.54) is 6.21 Å². The Morgan fingerprint density at radius 3 is 2.71 bits per heavy atom. The fourth-order valence-electron chi connectivity index (χ4n) is 0.277. The van der Waals surface area contributed by atoms with Gasteiger partial charge in [0.1, 0.15) is 5.38 Å². The van der Waals surface area contributed by atoms with E-state index in [4.69, 9.17) is 11.6 Å². The molecule has 1 heterocycles. The van der Waals surface area contributed by atoms with E-state index in [1.54, 1.807) is 0 Å². The topological polar surface area (TPSA) is 12.4 Å². The lowest BCUT2D eigenvalue weighted by Gasteiger charge is -1.94. The minimum absolute atomic E-state index is 0.509. The van der Waals surface area contributed by atoms with Gasteiger partial charge >= 0.3 is 0 Å². The van der Waals surface area contributed by atoms with Crippen molar-refractivity contribution in [3.8, 4) is 0 Å². The van der Waals surface area contributed by atoms with Gasteiger partial charge in [-0.1, -0.05) is 0 Å². The first-order chi connectivity index (χ1) is 3.30. The second kappa shape index (κ2) is 2.01. The molecule has 0 bridgehead atoms. The molecule has 0 aromatic carbocycles. The Morgan fingerprint density at radius 2 is 2.57 bits per heavy atom. The van der Waals surface area contributed by atoms with Crippen LogP contribution in [0, 0.1) is 0 Å². The minimum atomic E-state index is -1.03. The molecule has 0 saturated heterocycles. The van der Waals surface area contributed by atoms with Gasteiger partial charge in [-0.25, -0.2) is 8.79 Å². The highest BCUT2D eigenvalue weighted by Crippen LogP contribution is 2.25. The Kier molecular flexibility index (Phi) is 1.54. The van der Waals surface area contributed by atoms with Crippen molar-refractivity contribution in [2.75, 3.05) is 0 Å². The van der Waals surface area contributed by atoms with Crippen molar-refractivity contribution in [3.05, 3.63) is 0 Å². The van der Waals surface area contributed by atoms with Gasteiger partial charge in [0.2, 0.25) is 0 Å². The Bertz CT molecular complexity index is 96.9. The van der Waals surface area contributed by atoms with E-state index >= 15 is 0 Å². The normalized spacial score (nSPS) is 39.7. The van der Waals surface area contributed by atoms with Crippen molar-refractivity contribution in [1.82, 2.24) is 0 Å². The third-order valence-corrected chi connectivity index (χ3v) is 1.84. The van der Waals surface area contributed by atoms with Crippen LogP contribution in [0.2, 0.25) is 0 Å². The SMILES string of the molecule is FC1SN=CC1Cl. The standard InChI is InChI=1S/C3H3ClFNS/c4-2-1-6-7-3(2)5/h1-3H. The molecule has 0 radical (unpaired) electrons. The van der Waals surface area contributed by atoms with Crippen LogP contribution in [0.3, 0.4) is 0 Å². The molecule has 0 aliphatic carbocycles. The summed E-state index contributed by atoms with van der Waals surface area (Å²) in [6, 6.07) is 0. The molecule has 0 fully saturated rings. The van der Waals surface area contributed by atoms with Gasteiger partial charge in [0.15, 0.2) is 5.50 Å². The number of rotatable bonds is 0. The van der Waals surface area contributed by atoms with Crippen LogP contribution in [-0.4, -0.2) is 17.1 Å². The van der Waals surface area contributed by atoms with Crippen LogP contribution in [0.1, 0.15) is 0 Å². The van der Waals surface area contributed by atoms with Gasteiger partial charge in [-0.15, -0.1) is 11.6 Å². The fraction of sp³-hybridized carbons (Fsp3) is 0.667. The molecule has 0 aromatic heterocycles. The van der Waals surface area contributed by atoms with Gasteiger partial charge in [-0.05, 0) is 0 Å². The molecule has 7 heavy (non-hydrogen) atoms. The van der Waals surface area contributed by atoms with Gasteiger partial charge in [0.05, 0.1) is 0 Å². The molecule has 1 aliphatic heterocycles. The monoisotopic (exact) mass is 139 g/mol. The summed E-state index contributed by atoms with van der Waals surface area (Å²) in [6.07, 6.45) is 1.40. The molecule has 1 rings (SSSR count). The highest BCUT2D eigenvalue weighted by Gasteiger charge is 2.21. The van der Waals surface area contributed by atoms with Gasteiger partial charge in [0.25, 0.3) is 0 Å². The molecule has 1 nitrogen and oxygen atoms in total. The van der Waals surface area contributed by atoms with Crippen molar-refractivity contribution in [3.63, 3.8) is 0 Å². The minimum Gasteiger partial charge on any atom is -0.232 e. The number of hydrogen-bond acceptors (Lipinski definition) is 2. The molecular formula is C3H3ClFNS. The summed E-state index contributed by atoms with van der Waals surface area (Å²) in [7, 11) is 0. The van der Waals surface area contributed by atoms with E-state index in [-0.39, 0.29) is 0 Å². The van der Waals surface area contributed by atoms with Crippen molar-refractivity contribution in [1.29, 1.82) is 0 Å². The number of alkyl halides is 2. The molecule has 0 spiro atoms. The summed E-state index contributed by atoms with van der Waals surface area (Å²) in [5.41, 5.74) is -1.03. The first-order valence-corrected chi connectivity index (χ1v) is 3.05. The van der Waals surface area contributed by atoms with E-state index in [2.05, 4.69) is 4.40 Å². The molecule has 4 heteroatoms. The highest BCUT2D eigenvalue weighted by atomic mass is 35.5. The maximum atomic E-state index is 12.0. The van der Waals surface area contributed by atoms with Crippen molar-refractivity contribution < 1.29 is 4.39 Å². The van der Waals surface area contributed by atoms with Crippen LogP contribution in [0.4, 0.5) is 4.39 Å². The number of nitrogens with zero attached hydrogens (tertiary/aromatic N) is 1. The van der Waals surface area contributed by atoms with Crippen molar-refractivity contribution in [2.45, 2.75) is 10.9 Å². The van der Waals surface area contributed by atoms with Crippen LogP contribution < -0.4 is 0 Å². The van der Waals surface area contributed by atoms with E-state index in [0.29, 0.717) is 0 Å². The summed E-state index contributed by atoms with van der Waals surface area (Å²) in [5.74, 6) is 0. The van der Waals surface area contributed by atoms with Crippen LogP contribution in [0.15, 0.2) is 4.40 Å². The van der Waals surface area contributed by atoms with Crippen molar-refractivity contribution >= 4 is 29.8 Å². The fourth-order valence-corrected chi connectivity index (χ4v) is 1.04.